The van der Waals surface area contributed by atoms with Crippen LogP contribution in [0.2, 0.25) is 0 Å². The number of hydrogen-bond acceptors (Lipinski definition) is 5. The molecule has 2 rings (SSSR count). The van der Waals surface area contributed by atoms with Crippen molar-refractivity contribution >= 4 is 23.2 Å². The zero-order valence-corrected chi connectivity index (χ0v) is 16.2. The molecule has 0 aliphatic heterocycles. The van der Waals surface area contributed by atoms with Gasteiger partial charge in [-0.05, 0) is 42.9 Å². The molecule has 2 aromatic rings. The van der Waals surface area contributed by atoms with E-state index in [-0.39, 0.29) is 30.7 Å². The standard InChI is InChI=1S/C20H23F2N3O4/c1-3-25(13-19(27)24-16-6-4-5-7-17(16)28-2)12-18(26)23-14-8-10-15(11-9-14)29-20(21)22/h4-11,20H,3,12-13H2,1-2H3,(H,23,26)(H,24,27). The van der Waals surface area contributed by atoms with E-state index >= 15 is 0 Å². The molecule has 2 amide bonds. The first-order valence-electron chi connectivity index (χ1n) is 8.91. The van der Waals surface area contributed by atoms with Crippen LogP contribution in [0.5, 0.6) is 11.5 Å². The van der Waals surface area contributed by atoms with Gasteiger partial charge in [0.25, 0.3) is 0 Å². The van der Waals surface area contributed by atoms with Crippen molar-refractivity contribution in [3.8, 4) is 11.5 Å². The first-order chi connectivity index (χ1) is 13.9. The van der Waals surface area contributed by atoms with Crippen LogP contribution in [-0.4, -0.2) is 50.1 Å². The second-order valence-corrected chi connectivity index (χ2v) is 6.00. The highest BCUT2D eigenvalue weighted by Gasteiger charge is 2.15. The number of carbonyl (C=O) groups excluding carboxylic acids is 2. The van der Waals surface area contributed by atoms with Gasteiger partial charge in [-0.2, -0.15) is 8.78 Å². The van der Waals surface area contributed by atoms with Crippen molar-refractivity contribution in [3.63, 3.8) is 0 Å². The molecule has 156 valence electrons. The fourth-order valence-corrected chi connectivity index (χ4v) is 2.54. The molecular formula is C20H23F2N3O4. The summed E-state index contributed by atoms with van der Waals surface area (Å²) >= 11 is 0. The van der Waals surface area contributed by atoms with Crippen molar-refractivity contribution in [1.29, 1.82) is 0 Å². The Morgan fingerprint density at radius 2 is 1.62 bits per heavy atom. The summed E-state index contributed by atoms with van der Waals surface area (Å²) in [4.78, 5) is 26.2. The number of methoxy groups -OCH3 is 1. The number of likely N-dealkylation sites (N-methyl/N-ethyl adjacent to an activating group) is 1. The van der Waals surface area contributed by atoms with E-state index in [4.69, 9.17) is 4.74 Å². The van der Waals surface area contributed by atoms with Crippen LogP contribution in [-0.2, 0) is 9.59 Å². The highest BCUT2D eigenvalue weighted by molar-refractivity contribution is 5.95. The highest BCUT2D eigenvalue weighted by Crippen LogP contribution is 2.23. The van der Waals surface area contributed by atoms with Gasteiger partial charge in [-0.25, -0.2) is 0 Å². The Morgan fingerprint density at radius 1 is 1.00 bits per heavy atom. The number of hydrogen-bond donors (Lipinski definition) is 2. The number of rotatable bonds is 10. The number of nitrogens with zero attached hydrogens (tertiary/aromatic N) is 1. The fraction of sp³-hybridized carbons (Fsp3) is 0.300. The monoisotopic (exact) mass is 407 g/mol. The van der Waals surface area contributed by atoms with Crippen LogP contribution in [0.1, 0.15) is 6.92 Å². The molecule has 7 nitrogen and oxygen atoms in total. The minimum absolute atomic E-state index is 0.00111. The Balaban J connectivity index is 1.86. The topological polar surface area (TPSA) is 79.9 Å². The van der Waals surface area contributed by atoms with E-state index in [0.717, 1.165) is 0 Å². The van der Waals surface area contributed by atoms with Gasteiger partial charge in [-0.15, -0.1) is 0 Å². The summed E-state index contributed by atoms with van der Waals surface area (Å²) in [5, 5.41) is 5.41. The zero-order valence-electron chi connectivity index (χ0n) is 16.2. The van der Waals surface area contributed by atoms with Gasteiger partial charge < -0.3 is 20.1 Å². The van der Waals surface area contributed by atoms with Gasteiger partial charge >= 0.3 is 6.61 Å². The summed E-state index contributed by atoms with van der Waals surface area (Å²) in [6.45, 7) is -0.585. The molecule has 0 spiro atoms. The smallest absolute Gasteiger partial charge is 0.387 e. The lowest BCUT2D eigenvalue weighted by atomic mass is 10.3. The van der Waals surface area contributed by atoms with Gasteiger partial charge in [0, 0.05) is 5.69 Å². The van der Waals surface area contributed by atoms with Crippen molar-refractivity contribution in [2.24, 2.45) is 0 Å². The van der Waals surface area contributed by atoms with Crippen molar-refractivity contribution < 1.29 is 27.8 Å². The van der Waals surface area contributed by atoms with Crippen LogP contribution < -0.4 is 20.1 Å². The van der Waals surface area contributed by atoms with E-state index in [1.165, 1.54) is 31.4 Å². The molecule has 0 saturated carbocycles. The second kappa shape index (κ2) is 11.0. The Kier molecular flexibility index (Phi) is 8.35. The summed E-state index contributed by atoms with van der Waals surface area (Å²) in [7, 11) is 1.51. The molecule has 0 saturated heterocycles. The van der Waals surface area contributed by atoms with Crippen LogP contribution in [0.25, 0.3) is 0 Å². The van der Waals surface area contributed by atoms with Crippen LogP contribution in [0, 0.1) is 0 Å². The molecule has 0 unspecified atom stereocenters. The molecule has 0 atom stereocenters. The third kappa shape index (κ3) is 7.38. The highest BCUT2D eigenvalue weighted by atomic mass is 19.3. The third-order valence-electron chi connectivity index (χ3n) is 3.93. The largest absolute Gasteiger partial charge is 0.495 e. The van der Waals surface area contributed by atoms with Gasteiger partial charge in [0.2, 0.25) is 11.8 Å². The van der Waals surface area contributed by atoms with Gasteiger partial charge in [0.05, 0.1) is 25.9 Å². The van der Waals surface area contributed by atoms with Crippen molar-refractivity contribution in [3.05, 3.63) is 48.5 Å². The Morgan fingerprint density at radius 3 is 2.21 bits per heavy atom. The van der Waals surface area contributed by atoms with Crippen LogP contribution in [0.15, 0.2) is 48.5 Å². The molecule has 0 aliphatic carbocycles. The average Bonchev–Trinajstić information content (AvgIpc) is 2.69. The first kappa shape index (κ1) is 22.1. The maximum Gasteiger partial charge on any atom is 0.387 e. The minimum Gasteiger partial charge on any atom is -0.495 e. The molecule has 2 N–H and O–H groups in total. The molecule has 0 radical (unpaired) electrons. The molecule has 0 heterocycles. The van der Waals surface area contributed by atoms with Crippen molar-refractivity contribution in [2.45, 2.75) is 13.5 Å². The molecule has 29 heavy (non-hydrogen) atoms. The fourth-order valence-electron chi connectivity index (χ4n) is 2.54. The molecule has 0 bridgehead atoms. The van der Waals surface area contributed by atoms with E-state index in [1.54, 1.807) is 29.2 Å². The summed E-state index contributed by atoms with van der Waals surface area (Å²) in [6.07, 6.45) is 0. The van der Waals surface area contributed by atoms with Crippen LogP contribution in [0.4, 0.5) is 20.2 Å². The van der Waals surface area contributed by atoms with Gasteiger partial charge in [0.15, 0.2) is 0 Å². The number of halogens is 2. The maximum absolute atomic E-state index is 12.3. The summed E-state index contributed by atoms with van der Waals surface area (Å²) < 4.78 is 33.8. The number of amides is 2. The lowest BCUT2D eigenvalue weighted by Crippen LogP contribution is -2.38. The predicted molar refractivity (Wildman–Crippen MR) is 105 cm³/mol. The predicted octanol–water partition coefficient (Wildman–Crippen LogP) is 3.20. The molecule has 0 fully saturated rings. The normalized spacial score (nSPS) is 10.7. The Hall–Kier alpha value is -3.20. The SMILES string of the molecule is CCN(CC(=O)Nc1ccc(OC(F)F)cc1)CC(=O)Nc1ccccc1OC. The van der Waals surface area contributed by atoms with E-state index in [1.807, 2.05) is 6.92 Å². The summed E-state index contributed by atoms with van der Waals surface area (Å²) in [5.41, 5.74) is 0.984. The number of benzene rings is 2. The molecule has 0 aliphatic rings. The van der Waals surface area contributed by atoms with Gasteiger partial charge in [0.1, 0.15) is 11.5 Å². The molecule has 9 heteroatoms. The second-order valence-electron chi connectivity index (χ2n) is 6.00. The van der Waals surface area contributed by atoms with Crippen LogP contribution in [0.3, 0.4) is 0 Å². The zero-order chi connectivity index (χ0) is 21.2. The Labute approximate surface area is 167 Å². The van der Waals surface area contributed by atoms with E-state index in [9.17, 15) is 18.4 Å². The lowest BCUT2D eigenvalue weighted by Gasteiger charge is -2.20. The van der Waals surface area contributed by atoms with Gasteiger partial charge in [-0.1, -0.05) is 19.1 Å². The number of alkyl halides is 2. The first-order valence-corrected chi connectivity index (χ1v) is 8.91. The van der Waals surface area contributed by atoms with Crippen molar-refractivity contribution in [2.75, 3.05) is 37.4 Å². The quantitative estimate of drug-likeness (QED) is 0.632. The van der Waals surface area contributed by atoms with Gasteiger partial charge in [-0.3, -0.25) is 14.5 Å². The van der Waals surface area contributed by atoms with E-state index < -0.39 is 6.61 Å². The van der Waals surface area contributed by atoms with E-state index in [0.29, 0.717) is 23.7 Å². The minimum atomic E-state index is -2.91. The number of anilines is 2. The summed E-state index contributed by atoms with van der Waals surface area (Å²) in [5.74, 6) is -0.0702. The number of ether oxygens (including phenoxy) is 2. The molecular weight excluding hydrogens is 384 g/mol. The lowest BCUT2D eigenvalue weighted by molar-refractivity contribution is -0.119. The van der Waals surface area contributed by atoms with Crippen molar-refractivity contribution in [1.82, 2.24) is 4.90 Å². The third-order valence-corrected chi connectivity index (χ3v) is 3.93. The molecule has 0 aromatic heterocycles. The number of nitrogens with one attached hydrogen (secondary N) is 2. The van der Waals surface area contributed by atoms with Crippen LogP contribution >= 0.6 is 0 Å². The number of para-hydroxylation sites is 2. The number of carbonyl (C=O) groups is 2. The van der Waals surface area contributed by atoms with E-state index in [2.05, 4.69) is 15.4 Å². The molecule has 2 aromatic carbocycles. The Bertz CT molecular complexity index is 816. The maximum atomic E-state index is 12.3. The summed E-state index contributed by atoms with van der Waals surface area (Å²) in [6, 6.07) is 12.6. The average molecular weight is 407 g/mol.